The van der Waals surface area contributed by atoms with E-state index in [9.17, 15) is 9.59 Å². The number of hydrogen-bond donors (Lipinski definition) is 2. The van der Waals surface area contributed by atoms with Crippen molar-refractivity contribution >= 4 is 11.8 Å². The van der Waals surface area contributed by atoms with Gasteiger partial charge in [-0.2, -0.15) is 0 Å². The maximum absolute atomic E-state index is 12.0. The van der Waals surface area contributed by atoms with Gasteiger partial charge in [0.05, 0.1) is 11.3 Å². The van der Waals surface area contributed by atoms with E-state index in [1.165, 1.54) is 0 Å². The van der Waals surface area contributed by atoms with Crippen LogP contribution in [0.3, 0.4) is 0 Å². The fraction of sp³-hybridized carbons (Fsp3) is 0.818. The second-order valence-corrected chi connectivity index (χ2v) is 4.78. The number of carbonyl (C=O) groups excluding carboxylic acids is 2. The van der Waals surface area contributed by atoms with E-state index in [0.29, 0.717) is 26.1 Å². The van der Waals surface area contributed by atoms with Crippen LogP contribution in [0.1, 0.15) is 26.7 Å². The van der Waals surface area contributed by atoms with Crippen LogP contribution in [0.2, 0.25) is 0 Å². The van der Waals surface area contributed by atoms with Crippen LogP contribution in [0.5, 0.6) is 0 Å². The molecule has 0 aromatic rings. The molecule has 0 aromatic heterocycles. The van der Waals surface area contributed by atoms with Crippen molar-refractivity contribution in [2.24, 2.45) is 22.8 Å². The van der Waals surface area contributed by atoms with Gasteiger partial charge in [0.2, 0.25) is 11.8 Å². The van der Waals surface area contributed by atoms with Crippen LogP contribution in [0.15, 0.2) is 0 Å². The van der Waals surface area contributed by atoms with Gasteiger partial charge >= 0.3 is 0 Å². The summed E-state index contributed by atoms with van der Waals surface area (Å²) in [6.07, 6.45) is 1.38. The van der Waals surface area contributed by atoms with Crippen LogP contribution in [0.25, 0.3) is 0 Å². The molecular weight excluding hydrogens is 206 g/mol. The lowest BCUT2D eigenvalue weighted by atomic mass is 9.89. The van der Waals surface area contributed by atoms with E-state index in [-0.39, 0.29) is 17.7 Å². The lowest BCUT2D eigenvalue weighted by molar-refractivity contribution is -0.135. The molecule has 0 aliphatic carbocycles. The van der Waals surface area contributed by atoms with E-state index in [1.54, 1.807) is 4.90 Å². The van der Waals surface area contributed by atoms with Crippen molar-refractivity contribution in [3.05, 3.63) is 0 Å². The van der Waals surface area contributed by atoms with Crippen molar-refractivity contribution < 1.29 is 9.59 Å². The van der Waals surface area contributed by atoms with Gasteiger partial charge < -0.3 is 16.4 Å². The summed E-state index contributed by atoms with van der Waals surface area (Å²) in [6.45, 7) is 5.15. The Balaban J connectivity index is 2.66. The maximum atomic E-state index is 12.0. The van der Waals surface area contributed by atoms with Gasteiger partial charge in [0, 0.05) is 19.6 Å². The molecule has 0 spiro atoms. The second-order valence-electron chi connectivity index (χ2n) is 4.78. The zero-order valence-corrected chi connectivity index (χ0v) is 10.0. The van der Waals surface area contributed by atoms with Crippen LogP contribution < -0.4 is 11.5 Å². The van der Waals surface area contributed by atoms with Crippen molar-refractivity contribution in [1.82, 2.24) is 4.90 Å². The fourth-order valence-electron chi connectivity index (χ4n) is 2.05. The summed E-state index contributed by atoms with van der Waals surface area (Å²) in [5.74, 6) is -0.409. The highest BCUT2D eigenvalue weighted by molar-refractivity contribution is 5.84. The summed E-state index contributed by atoms with van der Waals surface area (Å²) < 4.78 is 0. The molecule has 2 unspecified atom stereocenters. The Morgan fingerprint density at radius 2 is 2.12 bits per heavy atom. The molecule has 1 rings (SSSR count). The minimum Gasteiger partial charge on any atom is -0.369 e. The quantitative estimate of drug-likeness (QED) is 0.690. The van der Waals surface area contributed by atoms with Gasteiger partial charge in [-0.25, -0.2) is 0 Å². The molecule has 1 heterocycles. The summed E-state index contributed by atoms with van der Waals surface area (Å²) in [4.78, 5) is 25.0. The van der Waals surface area contributed by atoms with E-state index in [1.807, 2.05) is 13.8 Å². The first-order chi connectivity index (χ1) is 7.44. The molecule has 92 valence electrons. The average molecular weight is 227 g/mol. The van der Waals surface area contributed by atoms with Gasteiger partial charge in [0.25, 0.3) is 0 Å². The topological polar surface area (TPSA) is 89.4 Å². The smallest absolute Gasteiger partial charge is 0.226 e. The second kappa shape index (κ2) is 4.82. The van der Waals surface area contributed by atoms with Crippen molar-refractivity contribution in [2.75, 3.05) is 19.6 Å². The molecule has 1 aliphatic heterocycles. The van der Waals surface area contributed by atoms with Crippen molar-refractivity contribution in [3.8, 4) is 0 Å². The highest BCUT2D eigenvalue weighted by Crippen LogP contribution is 2.30. The molecule has 0 radical (unpaired) electrons. The zero-order valence-electron chi connectivity index (χ0n) is 10.0. The van der Waals surface area contributed by atoms with Gasteiger partial charge in [-0.15, -0.1) is 0 Å². The van der Waals surface area contributed by atoms with Crippen LogP contribution in [-0.4, -0.2) is 36.3 Å². The summed E-state index contributed by atoms with van der Waals surface area (Å²) in [5, 5.41) is 0. The Labute approximate surface area is 96.1 Å². The third kappa shape index (κ3) is 2.35. The molecule has 0 bridgehead atoms. The summed E-state index contributed by atoms with van der Waals surface area (Å²) in [5.41, 5.74) is 10.3. The van der Waals surface area contributed by atoms with E-state index in [4.69, 9.17) is 11.5 Å². The molecule has 4 N–H and O–H groups in total. The number of carbonyl (C=O) groups is 2. The van der Waals surface area contributed by atoms with Crippen molar-refractivity contribution in [2.45, 2.75) is 26.7 Å². The van der Waals surface area contributed by atoms with Crippen LogP contribution in [0.4, 0.5) is 0 Å². The summed E-state index contributed by atoms with van der Waals surface area (Å²) >= 11 is 0. The van der Waals surface area contributed by atoms with E-state index in [2.05, 4.69) is 0 Å². The van der Waals surface area contributed by atoms with Crippen LogP contribution in [0, 0.1) is 11.3 Å². The van der Waals surface area contributed by atoms with E-state index >= 15 is 0 Å². The first-order valence-electron chi connectivity index (χ1n) is 5.73. The largest absolute Gasteiger partial charge is 0.369 e. The molecule has 5 nitrogen and oxygen atoms in total. The Kier molecular flexibility index (Phi) is 3.91. The third-order valence-electron chi connectivity index (χ3n) is 3.51. The van der Waals surface area contributed by atoms with Gasteiger partial charge in [0.1, 0.15) is 0 Å². The molecule has 16 heavy (non-hydrogen) atoms. The number of rotatable bonds is 4. The number of nitrogens with two attached hydrogens (primary N) is 2. The fourth-order valence-corrected chi connectivity index (χ4v) is 2.05. The number of nitrogens with zero attached hydrogens (tertiary/aromatic N) is 1. The third-order valence-corrected chi connectivity index (χ3v) is 3.51. The number of hydrogen-bond acceptors (Lipinski definition) is 3. The molecular formula is C11H21N3O2. The predicted octanol–water partition coefficient (Wildman–Crippen LogP) is -0.305. The van der Waals surface area contributed by atoms with Crippen LogP contribution in [-0.2, 0) is 9.59 Å². The standard InChI is InChI=1S/C11H21N3O2/c1-3-8(6-12)9(15)14-5-4-11(2,7-14)10(13)16/h8H,3-7,12H2,1-2H3,(H2,13,16). The molecule has 1 saturated heterocycles. The van der Waals surface area contributed by atoms with Gasteiger partial charge in [-0.3, -0.25) is 9.59 Å². The maximum Gasteiger partial charge on any atom is 0.226 e. The molecule has 5 heteroatoms. The van der Waals surface area contributed by atoms with Gasteiger partial charge in [-0.05, 0) is 19.8 Å². The zero-order chi connectivity index (χ0) is 12.3. The predicted molar refractivity (Wildman–Crippen MR) is 61.3 cm³/mol. The lowest BCUT2D eigenvalue weighted by Gasteiger charge is -2.24. The number of primary amides is 1. The SMILES string of the molecule is CCC(CN)C(=O)N1CCC(C)(C(N)=O)C1. The molecule has 2 atom stereocenters. The Bertz CT molecular complexity index is 289. The Morgan fingerprint density at radius 1 is 1.50 bits per heavy atom. The highest BCUT2D eigenvalue weighted by atomic mass is 16.2. The van der Waals surface area contributed by atoms with Crippen molar-refractivity contribution in [3.63, 3.8) is 0 Å². The molecule has 2 amide bonds. The van der Waals surface area contributed by atoms with Crippen molar-refractivity contribution in [1.29, 1.82) is 0 Å². The van der Waals surface area contributed by atoms with Gasteiger partial charge in [-0.1, -0.05) is 6.92 Å². The Morgan fingerprint density at radius 3 is 2.50 bits per heavy atom. The van der Waals surface area contributed by atoms with E-state index in [0.717, 1.165) is 6.42 Å². The summed E-state index contributed by atoms with van der Waals surface area (Å²) in [6, 6.07) is 0. The minimum atomic E-state index is -0.567. The Hall–Kier alpha value is -1.10. The number of amides is 2. The highest BCUT2D eigenvalue weighted by Gasteiger charge is 2.41. The number of likely N-dealkylation sites (tertiary alicyclic amines) is 1. The van der Waals surface area contributed by atoms with Crippen LogP contribution >= 0.6 is 0 Å². The first kappa shape index (κ1) is 13.0. The first-order valence-corrected chi connectivity index (χ1v) is 5.73. The summed E-state index contributed by atoms with van der Waals surface area (Å²) in [7, 11) is 0. The van der Waals surface area contributed by atoms with E-state index < -0.39 is 5.41 Å². The molecule has 1 aliphatic rings. The lowest BCUT2D eigenvalue weighted by Crippen LogP contribution is -2.41. The molecule has 0 saturated carbocycles. The average Bonchev–Trinajstić information content (AvgIpc) is 2.64. The normalized spacial score (nSPS) is 26.8. The van der Waals surface area contributed by atoms with Gasteiger partial charge in [0.15, 0.2) is 0 Å². The molecule has 1 fully saturated rings. The monoisotopic (exact) mass is 227 g/mol. The molecule has 0 aromatic carbocycles. The minimum absolute atomic E-state index is 0.0509.